The van der Waals surface area contributed by atoms with Gasteiger partial charge in [0.15, 0.2) is 0 Å². The third kappa shape index (κ3) is 3.57. The van der Waals surface area contributed by atoms with E-state index >= 15 is 0 Å². The second-order valence-corrected chi connectivity index (χ2v) is 8.62. The summed E-state index contributed by atoms with van der Waals surface area (Å²) in [6.45, 7) is 0.554. The molecule has 0 unspecified atom stereocenters. The normalized spacial score (nSPS) is 14.4. The monoisotopic (exact) mass is 413 g/mol. The van der Waals surface area contributed by atoms with Gasteiger partial charge in [-0.3, -0.25) is 4.79 Å². The zero-order valence-corrected chi connectivity index (χ0v) is 17.6. The van der Waals surface area contributed by atoms with E-state index < -0.39 is 0 Å². The number of benzene rings is 4. The molecule has 1 fully saturated rings. The Morgan fingerprint density at radius 2 is 1.40 bits per heavy atom. The maximum Gasteiger partial charge on any atom is 0.230 e. The molecule has 1 aliphatic carbocycles. The summed E-state index contributed by atoms with van der Waals surface area (Å²) in [5, 5.41) is 5.50. The van der Waals surface area contributed by atoms with Gasteiger partial charge in [0.25, 0.3) is 0 Å². The Morgan fingerprint density at radius 1 is 0.833 bits per heavy atom. The number of rotatable bonds is 4. The Kier molecular flexibility index (Phi) is 5.18. The van der Waals surface area contributed by atoms with Gasteiger partial charge >= 0.3 is 0 Å². The van der Waals surface area contributed by atoms with Gasteiger partial charge in [0.1, 0.15) is 0 Å². The van der Waals surface area contributed by atoms with E-state index in [4.69, 9.17) is 11.6 Å². The van der Waals surface area contributed by atoms with Gasteiger partial charge in [0.05, 0.1) is 6.54 Å². The summed E-state index contributed by atoms with van der Waals surface area (Å²) < 4.78 is 0. The molecule has 0 bridgehead atoms. The lowest BCUT2D eigenvalue weighted by Gasteiger charge is -2.27. The van der Waals surface area contributed by atoms with Crippen LogP contribution in [0.4, 0.5) is 5.69 Å². The van der Waals surface area contributed by atoms with Crippen LogP contribution in [0.3, 0.4) is 0 Å². The molecule has 0 heterocycles. The highest BCUT2D eigenvalue weighted by Gasteiger charge is 2.29. The van der Waals surface area contributed by atoms with E-state index in [9.17, 15) is 4.79 Å². The third-order valence-corrected chi connectivity index (χ3v) is 6.56. The molecular formula is C27H24ClNO. The minimum atomic E-state index is 0.113. The Balaban J connectivity index is 1.66. The second-order valence-electron chi connectivity index (χ2n) is 8.18. The van der Waals surface area contributed by atoms with Crippen LogP contribution < -0.4 is 4.90 Å². The van der Waals surface area contributed by atoms with Gasteiger partial charge < -0.3 is 4.90 Å². The van der Waals surface area contributed by atoms with Crippen LogP contribution in [-0.2, 0) is 11.3 Å². The molecule has 2 nitrogen and oxygen atoms in total. The average molecular weight is 414 g/mol. The van der Waals surface area contributed by atoms with Crippen LogP contribution in [0.5, 0.6) is 0 Å². The molecule has 0 radical (unpaired) electrons. The van der Waals surface area contributed by atoms with E-state index in [1.54, 1.807) is 0 Å². The van der Waals surface area contributed by atoms with Crippen molar-refractivity contribution in [3.63, 3.8) is 0 Å². The van der Waals surface area contributed by atoms with Crippen molar-refractivity contribution in [3.05, 3.63) is 89.4 Å². The number of hydrogen-bond donors (Lipinski definition) is 0. The molecule has 0 aromatic heterocycles. The van der Waals surface area contributed by atoms with E-state index in [2.05, 4.69) is 54.6 Å². The summed E-state index contributed by atoms with van der Waals surface area (Å²) in [4.78, 5) is 15.6. The molecule has 1 saturated carbocycles. The Hall–Kier alpha value is -2.84. The topological polar surface area (TPSA) is 20.3 Å². The lowest BCUT2D eigenvalue weighted by atomic mass is 9.95. The van der Waals surface area contributed by atoms with Crippen molar-refractivity contribution in [2.45, 2.75) is 32.2 Å². The smallest absolute Gasteiger partial charge is 0.230 e. The van der Waals surface area contributed by atoms with Gasteiger partial charge in [-0.1, -0.05) is 73.0 Å². The highest BCUT2D eigenvalue weighted by Crippen LogP contribution is 2.34. The predicted octanol–water partition coefficient (Wildman–Crippen LogP) is 7.37. The van der Waals surface area contributed by atoms with E-state index in [1.807, 2.05) is 29.2 Å². The van der Waals surface area contributed by atoms with Crippen molar-refractivity contribution in [2.24, 2.45) is 5.92 Å². The van der Waals surface area contributed by atoms with Gasteiger partial charge in [0, 0.05) is 16.6 Å². The average Bonchev–Trinajstić information content (AvgIpc) is 3.32. The highest BCUT2D eigenvalue weighted by atomic mass is 35.5. The number of carbonyl (C=O) groups is 1. The Bertz CT molecular complexity index is 1150. The standard InChI is InChI=1S/C27H24ClNO/c28-22-13-15-23(16-14-22)29(27(30)19-7-1-2-8-19)18-26-24-11-5-3-9-20(24)17-21-10-4-6-12-25(21)26/h3-6,9-17,19H,1-2,7-8,18H2. The number of halogens is 1. The molecule has 0 saturated heterocycles. The quantitative estimate of drug-likeness (QED) is 0.320. The molecule has 4 aromatic carbocycles. The first-order chi connectivity index (χ1) is 14.7. The van der Waals surface area contributed by atoms with E-state index in [1.165, 1.54) is 27.1 Å². The largest absolute Gasteiger partial charge is 0.308 e. The molecule has 150 valence electrons. The molecule has 4 aromatic rings. The zero-order chi connectivity index (χ0) is 20.5. The van der Waals surface area contributed by atoms with Gasteiger partial charge in [0.2, 0.25) is 5.91 Å². The minimum absolute atomic E-state index is 0.113. The number of amides is 1. The minimum Gasteiger partial charge on any atom is -0.308 e. The Labute approximate surface area is 182 Å². The van der Waals surface area contributed by atoms with Crippen molar-refractivity contribution >= 4 is 44.7 Å². The zero-order valence-electron chi connectivity index (χ0n) is 16.9. The molecule has 0 atom stereocenters. The summed E-state index contributed by atoms with van der Waals surface area (Å²) in [5.41, 5.74) is 2.11. The number of carbonyl (C=O) groups excluding carboxylic acids is 1. The van der Waals surface area contributed by atoms with E-state index in [0.717, 1.165) is 31.4 Å². The van der Waals surface area contributed by atoms with Crippen LogP contribution in [0.25, 0.3) is 21.5 Å². The van der Waals surface area contributed by atoms with Crippen molar-refractivity contribution in [3.8, 4) is 0 Å². The molecule has 3 heteroatoms. The lowest BCUT2D eigenvalue weighted by molar-refractivity contribution is -0.122. The highest BCUT2D eigenvalue weighted by molar-refractivity contribution is 6.30. The van der Waals surface area contributed by atoms with Crippen LogP contribution in [-0.4, -0.2) is 5.91 Å². The van der Waals surface area contributed by atoms with Gasteiger partial charge in [-0.05, 0) is 70.3 Å². The fourth-order valence-corrected chi connectivity index (χ4v) is 4.87. The molecule has 0 aliphatic heterocycles. The number of hydrogen-bond acceptors (Lipinski definition) is 1. The summed E-state index contributed by atoms with van der Waals surface area (Å²) >= 11 is 6.14. The summed E-state index contributed by atoms with van der Waals surface area (Å²) in [6.07, 6.45) is 4.25. The Morgan fingerprint density at radius 3 is 2.00 bits per heavy atom. The SMILES string of the molecule is O=C(C1CCCC1)N(Cc1c2ccccc2cc2ccccc12)c1ccc(Cl)cc1. The van der Waals surface area contributed by atoms with Crippen molar-refractivity contribution in [1.29, 1.82) is 0 Å². The fourth-order valence-electron chi connectivity index (χ4n) is 4.75. The molecule has 0 N–H and O–H groups in total. The number of nitrogens with zero attached hydrogens (tertiary/aromatic N) is 1. The van der Waals surface area contributed by atoms with Crippen LogP contribution in [0, 0.1) is 5.92 Å². The predicted molar refractivity (Wildman–Crippen MR) is 126 cm³/mol. The van der Waals surface area contributed by atoms with E-state index in [0.29, 0.717) is 11.6 Å². The molecule has 0 spiro atoms. The van der Waals surface area contributed by atoms with Gasteiger partial charge in [-0.2, -0.15) is 0 Å². The summed E-state index contributed by atoms with van der Waals surface area (Å²) in [5.74, 6) is 0.341. The van der Waals surface area contributed by atoms with Crippen LogP contribution in [0.1, 0.15) is 31.2 Å². The maximum absolute atomic E-state index is 13.6. The molecule has 5 rings (SSSR count). The fraction of sp³-hybridized carbons (Fsp3) is 0.222. The summed E-state index contributed by atoms with van der Waals surface area (Å²) in [6, 6.07) is 26.8. The number of fused-ring (bicyclic) bond motifs is 2. The van der Waals surface area contributed by atoms with Crippen molar-refractivity contribution < 1.29 is 4.79 Å². The van der Waals surface area contributed by atoms with Crippen LogP contribution in [0.15, 0.2) is 78.9 Å². The second kappa shape index (κ2) is 8.12. The van der Waals surface area contributed by atoms with Gasteiger partial charge in [-0.25, -0.2) is 0 Å². The summed E-state index contributed by atoms with van der Waals surface area (Å²) in [7, 11) is 0. The van der Waals surface area contributed by atoms with E-state index in [-0.39, 0.29) is 11.8 Å². The maximum atomic E-state index is 13.6. The lowest BCUT2D eigenvalue weighted by Crippen LogP contribution is -2.35. The first kappa shape index (κ1) is 19.1. The van der Waals surface area contributed by atoms with Crippen LogP contribution >= 0.6 is 11.6 Å². The third-order valence-electron chi connectivity index (χ3n) is 6.31. The number of anilines is 1. The first-order valence-corrected chi connectivity index (χ1v) is 11.0. The molecule has 1 aliphatic rings. The molecule has 1 amide bonds. The molecular weight excluding hydrogens is 390 g/mol. The first-order valence-electron chi connectivity index (χ1n) is 10.7. The van der Waals surface area contributed by atoms with Crippen molar-refractivity contribution in [2.75, 3.05) is 4.90 Å². The van der Waals surface area contributed by atoms with Gasteiger partial charge in [-0.15, -0.1) is 0 Å². The molecule has 30 heavy (non-hydrogen) atoms. The van der Waals surface area contributed by atoms with Crippen molar-refractivity contribution in [1.82, 2.24) is 0 Å². The van der Waals surface area contributed by atoms with Crippen LogP contribution in [0.2, 0.25) is 5.02 Å².